The van der Waals surface area contributed by atoms with Crippen LogP contribution in [0.25, 0.3) is 33.0 Å². The molecule has 0 saturated heterocycles. The smallest absolute Gasteiger partial charge is 0.261 e. The van der Waals surface area contributed by atoms with Crippen LogP contribution < -0.4 is 0 Å². The molecule has 0 atom stereocenters. The van der Waals surface area contributed by atoms with Crippen LogP contribution in [0.3, 0.4) is 0 Å². The van der Waals surface area contributed by atoms with E-state index in [0.717, 1.165) is 26.7 Å². The first-order valence-electron chi connectivity index (χ1n) is 8.56. The van der Waals surface area contributed by atoms with E-state index in [9.17, 15) is 9.59 Å². The van der Waals surface area contributed by atoms with Crippen molar-refractivity contribution in [3.8, 4) is 0 Å². The Kier molecular flexibility index (Phi) is 3.66. The Labute approximate surface area is 169 Å². The molecule has 0 fully saturated rings. The monoisotopic (exact) mass is 409 g/mol. The molecule has 2 N–H and O–H groups in total. The fourth-order valence-corrected chi connectivity index (χ4v) is 4.10. The average Bonchev–Trinajstić information content (AvgIpc) is 3.32. The van der Waals surface area contributed by atoms with Crippen molar-refractivity contribution in [3.05, 3.63) is 70.0 Å². The molecule has 0 bridgehead atoms. The predicted octanol–water partition coefficient (Wildman–Crippen LogP) is 4.87. The van der Waals surface area contributed by atoms with E-state index in [-0.39, 0.29) is 11.8 Å². The quantitative estimate of drug-likeness (QED) is 0.463. The van der Waals surface area contributed by atoms with Gasteiger partial charge in [0.25, 0.3) is 11.8 Å². The van der Waals surface area contributed by atoms with Crippen molar-refractivity contribution in [1.82, 2.24) is 14.9 Å². The topological polar surface area (TPSA) is 69.0 Å². The molecule has 0 aliphatic carbocycles. The summed E-state index contributed by atoms with van der Waals surface area (Å²) in [5, 5.41) is 2.84. The van der Waals surface area contributed by atoms with E-state index in [1.54, 1.807) is 36.7 Å². The SMILES string of the molecule is CN1C(=O)C(c2c[nH]c3cc(Cl)ccc23)=C(c2c[nH]c3cc(Cl)ccc23)C1=O. The summed E-state index contributed by atoms with van der Waals surface area (Å²) in [4.78, 5) is 33.4. The van der Waals surface area contributed by atoms with Crippen LogP contribution in [-0.4, -0.2) is 33.7 Å². The minimum atomic E-state index is -0.334. The molecule has 2 aromatic heterocycles. The molecule has 7 heteroatoms. The first-order chi connectivity index (χ1) is 13.5. The van der Waals surface area contributed by atoms with E-state index >= 15 is 0 Å². The number of nitrogens with one attached hydrogen (secondary N) is 2. The molecule has 5 nitrogen and oxygen atoms in total. The Hall–Kier alpha value is -3.02. The second-order valence-corrected chi connectivity index (χ2v) is 7.58. The molecule has 28 heavy (non-hydrogen) atoms. The second-order valence-electron chi connectivity index (χ2n) is 6.70. The fraction of sp³-hybridized carbons (Fsp3) is 0.0476. The molecular weight excluding hydrogens is 397 g/mol. The molecule has 138 valence electrons. The Morgan fingerprint density at radius 3 is 1.61 bits per heavy atom. The second kappa shape index (κ2) is 5.99. The van der Waals surface area contributed by atoms with Gasteiger partial charge in [-0.15, -0.1) is 0 Å². The van der Waals surface area contributed by atoms with Crippen molar-refractivity contribution in [2.24, 2.45) is 0 Å². The molecular formula is C21H13Cl2N3O2. The van der Waals surface area contributed by atoms with Crippen LogP contribution in [0.1, 0.15) is 11.1 Å². The van der Waals surface area contributed by atoms with E-state index in [4.69, 9.17) is 23.2 Å². The van der Waals surface area contributed by atoms with E-state index < -0.39 is 0 Å². The summed E-state index contributed by atoms with van der Waals surface area (Å²) < 4.78 is 0. The van der Waals surface area contributed by atoms with Gasteiger partial charge in [-0.3, -0.25) is 14.5 Å². The fourth-order valence-electron chi connectivity index (χ4n) is 3.75. The molecule has 0 unspecified atom stereocenters. The largest absolute Gasteiger partial charge is 0.360 e. The Bertz CT molecular complexity index is 1240. The van der Waals surface area contributed by atoms with Gasteiger partial charge in [-0.05, 0) is 24.3 Å². The number of fused-ring (bicyclic) bond motifs is 2. The van der Waals surface area contributed by atoms with Crippen molar-refractivity contribution < 1.29 is 9.59 Å². The maximum Gasteiger partial charge on any atom is 0.261 e. The van der Waals surface area contributed by atoms with E-state index in [2.05, 4.69) is 9.97 Å². The molecule has 0 spiro atoms. The van der Waals surface area contributed by atoms with E-state index in [1.165, 1.54) is 7.05 Å². The normalized spacial score (nSPS) is 14.9. The zero-order valence-electron chi connectivity index (χ0n) is 14.6. The molecule has 0 saturated carbocycles. The number of nitrogens with zero attached hydrogens (tertiary/aromatic N) is 1. The van der Waals surface area contributed by atoms with Crippen LogP contribution in [0, 0.1) is 0 Å². The molecule has 1 aliphatic rings. The number of aromatic amines is 2. The number of benzene rings is 2. The number of aromatic nitrogens is 2. The van der Waals surface area contributed by atoms with E-state index in [0.29, 0.717) is 32.3 Å². The first-order valence-corrected chi connectivity index (χ1v) is 9.32. The third-order valence-corrected chi connectivity index (χ3v) is 5.58. The predicted molar refractivity (Wildman–Crippen MR) is 111 cm³/mol. The van der Waals surface area contributed by atoms with Crippen LogP contribution in [-0.2, 0) is 9.59 Å². The number of likely N-dealkylation sites (N-methyl/N-ethyl adjacent to an activating group) is 1. The van der Waals surface area contributed by atoms with Crippen LogP contribution in [0.2, 0.25) is 10.0 Å². The summed E-state index contributed by atoms with van der Waals surface area (Å²) >= 11 is 12.1. The van der Waals surface area contributed by atoms with Crippen LogP contribution >= 0.6 is 23.2 Å². The summed E-state index contributed by atoms with van der Waals surface area (Å²) in [5.74, 6) is -0.668. The minimum absolute atomic E-state index is 0.334. The summed E-state index contributed by atoms with van der Waals surface area (Å²) in [6, 6.07) is 10.8. The third kappa shape index (κ3) is 2.33. The summed E-state index contributed by atoms with van der Waals surface area (Å²) in [6.45, 7) is 0. The van der Waals surface area contributed by atoms with Gasteiger partial charge < -0.3 is 9.97 Å². The molecule has 2 aromatic carbocycles. The van der Waals surface area contributed by atoms with Crippen LogP contribution in [0.4, 0.5) is 0 Å². The molecule has 5 rings (SSSR count). The van der Waals surface area contributed by atoms with Crippen molar-refractivity contribution in [2.45, 2.75) is 0 Å². The summed E-state index contributed by atoms with van der Waals surface area (Å²) in [5.41, 5.74) is 3.69. The number of rotatable bonds is 2. The highest BCUT2D eigenvalue weighted by Crippen LogP contribution is 2.40. The first kappa shape index (κ1) is 17.1. The van der Waals surface area contributed by atoms with Gasteiger partial charge in [0.15, 0.2) is 0 Å². The lowest BCUT2D eigenvalue weighted by Crippen LogP contribution is -2.26. The highest BCUT2D eigenvalue weighted by Gasteiger charge is 2.39. The van der Waals surface area contributed by atoms with Gasteiger partial charge in [0.1, 0.15) is 0 Å². The number of H-pyrrole nitrogens is 2. The highest BCUT2D eigenvalue weighted by atomic mass is 35.5. The average molecular weight is 410 g/mol. The van der Waals surface area contributed by atoms with Crippen LogP contribution in [0.15, 0.2) is 48.8 Å². The van der Waals surface area contributed by atoms with Gasteiger partial charge in [-0.1, -0.05) is 35.3 Å². The lowest BCUT2D eigenvalue weighted by Gasteiger charge is -2.06. The van der Waals surface area contributed by atoms with E-state index in [1.807, 2.05) is 12.1 Å². The minimum Gasteiger partial charge on any atom is -0.360 e. The Morgan fingerprint density at radius 1 is 0.750 bits per heavy atom. The Morgan fingerprint density at radius 2 is 1.18 bits per heavy atom. The number of halogens is 2. The third-order valence-electron chi connectivity index (χ3n) is 5.11. The van der Waals surface area contributed by atoms with Gasteiger partial charge in [-0.2, -0.15) is 0 Å². The lowest BCUT2D eigenvalue weighted by molar-refractivity contribution is -0.134. The maximum atomic E-state index is 13.0. The highest BCUT2D eigenvalue weighted by molar-refractivity contribution is 6.50. The maximum absolute atomic E-state index is 13.0. The Balaban J connectivity index is 1.83. The van der Waals surface area contributed by atoms with Crippen molar-refractivity contribution in [2.75, 3.05) is 7.05 Å². The number of hydrogen-bond donors (Lipinski definition) is 2. The van der Waals surface area contributed by atoms with Gasteiger partial charge in [0.2, 0.25) is 0 Å². The number of carbonyl (C=O) groups excluding carboxylic acids is 2. The number of hydrogen-bond acceptors (Lipinski definition) is 2. The molecule has 4 aromatic rings. The zero-order chi connectivity index (χ0) is 19.6. The van der Waals surface area contributed by atoms with Crippen LogP contribution in [0.5, 0.6) is 0 Å². The molecule has 0 radical (unpaired) electrons. The molecule has 3 heterocycles. The zero-order valence-corrected chi connectivity index (χ0v) is 16.2. The van der Waals surface area contributed by atoms with Gasteiger partial charge in [0.05, 0.1) is 11.1 Å². The standard InChI is InChI=1S/C21H13Cl2N3O2/c1-26-20(27)18(14-8-24-16-6-10(22)2-4-12(14)16)19(21(26)28)15-9-25-17-7-11(23)3-5-13(15)17/h2-9,24-25H,1H3. The molecule has 1 aliphatic heterocycles. The van der Waals surface area contributed by atoms with Gasteiger partial charge in [-0.25, -0.2) is 0 Å². The number of imide groups is 1. The molecule has 2 amide bonds. The van der Waals surface area contributed by atoms with Crippen molar-refractivity contribution >= 4 is 68.0 Å². The van der Waals surface area contributed by atoms with Crippen molar-refractivity contribution in [3.63, 3.8) is 0 Å². The summed E-state index contributed by atoms with van der Waals surface area (Å²) in [7, 11) is 1.50. The van der Waals surface area contributed by atoms with Crippen molar-refractivity contribution in [1.29, 1.82) is 0 Å². The lowest BCUT2D eigenvalue weighted by atomic mass is 9.95. The summed E-state index contributed by atoms with van der Waals surface area (Å²) in [6.07, 6.45) is 3.48. The van der Waals surface area contributed by atoms with Gasteiger partial charge in [0, 0.05) is 62.4 Å². The number of carbonyl (C=O) groups is 2. The number of amides is 2. The van der Waals surface area contributed by atoms with Gasteiger partial charge >= 0.3 is 0 Å².